The average Bonchev–Trinajstić information content (AvgIpc) is 2.58. The molecular formula is C21H30O2. The molecule has 0 bridgehead atoms. The van der Waals surface area contributed by atoms with Gasteiger partial charge in [-0.2, -0.15) is 0 Å². The first-order valence-electron chi connectivity index (χ1n) is 11.6. The van der Waals surface area contributed by atoms with Gasteiger partial charge in [0, 0.05) is 25.6 Å². The predicted molar refractivity (Wildman–Crippen MR) is 95.3 cm³/mol. The summed E-state index contributed by atoms with van der Waals surface area (Å²) in [6.45, 7) is -1.63. The molecule has 2 unspecified atom stereocenters. The number of benzene rings is 1. The second-order valence-corrected chi connectivity index (χ2v) is 7.01. The van der Waals surface area contributed by atoms with Crippen molar-refractivity contribution in [3.63, 3.8) is 0 Å². The smallest absolute Gasteiger partial charge is 0.127 e. The number of aryl methyl sites for hydroxylation is 1. The van der Waals surface area contributed by atoms with Crippen molar-refractivity contribution in [2.24, 2.45) is 5.92 Å². The molecule has 1 N–H and O–H groups in total. The molecule has 1 aromatic rings. The van der Waals surface area contributed by atoms with Gasteiger partial charge in [-0.25, -0.2) is 0 Å². The summed E-state index contributed by atoms with van der Waals surface area (Å²) in [5.74, 6) is -1.02. The van der Waals surface area contributed by atoms with Crippen molar-refractivity contribution in [1.29, 1.82) is 0 Å². The van der Waals surface area contributed by atoms with Crippen LogP contribution in [-0.2, 0) is 6.42 Å². The summed E-state index contributed by atoms with van der Waals surface area (Å²) >= 11 is 0. The zero-order valence-corrected chi connectivity index (χ0v) is 14.0. The Bertz CT molecular complexity index is 780. The average molecular weight is 321 g/mol. The van der Waals surface area contributed by atoms with E-state index in [0.29, 0.717) is 18.4 Å². The van der Waals surface area contributed by atoms with E-state index in [1.807, 2.05) is 13.0 Å². The number of phenolic OH excluding ortho intramolecular Hbond substituents is 1. The Morgan fingerprint density at radius 2 is 2.17 bits per heavy atom. The van der Waals surface area contributed by atoms with E-state index in [0.717, 1.165) is 36.8 Å². The summed E-state index contributed by atoms with van der Waals surface area (Å²) in [5.41, 5.74) is 0.103. The van der Waals surface area contributed by atoms with Crippen LogP contribution in [0, 0.1) is 5.92 Å². The molecule has 0 saturated carbocycles. The van der Waals surface area contributed by atoms with Gasteiger partial charge in [0.05, 0.1) is 0 Å². The maximum absolute atomic E-state index is 10.8. The minimum atomic E-state index is -2.84. The van der Waals surface area contributed by atoms with Crippen LogP contribution < -0.4 is 4.74 Å². The van der Waals surface area contributed by atoms with E-state index in [1.165, 1.54) is 0 Å². The van der Waals surface area contributed by atoms with Crippen LogP contribution in [-0.4, -0.2) is 10.7 Å². The molecule has 2 heteroatoms. The molecule has 0 amide bonds. The highest BCUT2D eigenvalue weighted by molar-refractivity contribution is 5.53. The van der Waals surface area contributed by atoms with Crippen molar-refractivity contribution >= 4 is 0 Å². The van der Waals surface area contributed by atoms with Gasteiger partial charge in [0.25, 0.3) is 0 Å². The number of hydrogen-bond acceptors (Lipinski definition) is 2. The number of ether oxygens (including phenoxy) is 1. The van der Waals surface area contributed by atoms with Crippen LogP contribution in [0.25, 0.3) is 0 Å². The monoisotopic (exact) mass is 320 g/mol. The van der Waals surface area contributed by atoms with Gasteiger partial charge in [-0.1, -0.05) is 31.4 Å². The van der Waals surface area contributed by atoms with Gasteiger partial charge in [-0.05, 0) is 64.0 Å². The zero-order chi connectivity index (χ0) is 21.6. The number of aromatic hydroxyl groups is 1. The molecule has 2 nitrogen and oxygen atoms in total. The fourth-order valence-electron chi connectivity index (χ4n) is 3.87. The molecule has 126 valence electrons. The minimum Gasteiger partial charge on any atom is -0.507 e. The number of unbranched alkanes of at least 4 members (excludes halogenated alkanes) is 2. The third-order valence-corrected chi connectivity index (χ3v) is 5.12. The molecule has 1 aromatic carbocycles. The van der Waals surface area contributed by atoms with Crippen LogP contribution in [0.1, 0.15) is 84.9 Å². The summed E-state index contributed by atoms with van der Waals surface area (Å²) in [5, 5.41) is 10.8. The second-order valence-electron chi connectivity index (χ2n) is 7.01. The Hall–Kier alpha value is -1.44. The molecule has 2 atom stereocenters. The topological polar surface area (TPSA) is 29.5 Å². The molecule has 23 heavy (non-hydrogen) atoms. The zero-order valence-electron chi connectivity index (χ0n) is 20.0. The molecule has 2 aliphatic rings. The van der Waals surface area contributed by atoms with Crippen LogP contribution in [0.3, 0.4) is 0 Å². The van der Waals surface area contributed by atoms with Gasteiger partial charge < -0.3 is 9.84 Å². The molecule has 3 rings (SSSR count). The first-order valence-corrected chi connectivity index (χ1v) is 8.64. The largest absolute Gasteiger partial charge is 0.507 e. The van der Waals surface area contributed by atoms with Gasteiger partial charge in [0.15, 0.2) is 0 Å². The predicted octanol–water partition coefficient (Wildman–Crippen LogP) is 5.74. The van der Waals surface area contributed by atoms with Gasteiger partial charge in [-0.15, -0.1) is 0 Å². The molecule has 0 aromatic heterocycles. The highest BCUT2D eigenvalue weighted by atomic mass is 16.5. The van der Waals surface area contributed by atoms with Crippen LogP contribution in [0.15, 0.2) is 23.8 Å². The van der Waals surface area contributed by atoms with E-state index >= 15 is 0 Å². The van der Waals surface area contributed by atoms with E-state index < -0.39 is 31.1 Å². The summed E-state index contributed by atoms with van der Waals surface area (Å²) in [7, 11) is 0. The Morgan fingerprint density at radius 1 is 1.35 bits per heavy atom. The number of fused-ring (bicyclic) bond motifs is 3. The number of rotatable bonds is 4. The summed E-state index contributed by atoms with van der Waals surface area (Å²) in [6, 6.07) is 3.44. The number of phenols is 1. The normalized spacial score (nSPS) is 30.1. The fourth-order valence-corrected chi connectivity index (χ4v) is 3.87. The summed E-state index contributed by atoms with van der Waals surface area (Å²) in [6.07, 6.45) is 6.67. The summed E-state index contributed by atoms with van der Waals surface area (Å²) in [4.78, 5) is 0. The molecule has 0 fully saturated rings. The lowest BCUT2D eigenvalue weighted by Gasteiger charge is -2.46. The van der Waals surface area contributed by atoms with Gasteiger partial charge in [0.2, 0.25) is 0 Å². The summed E-state index contributed by atoms with van der Waals surface area (Å²) < 4.78 is 54.9. The Kier molecular flexibility index (Phi) is 2.82. The van der Waals surface area contributed by atoms with E-state index in [9.17, 15) is 5.11 Å². The second kappa shape index (κ2) is 6.22. The Morgan fingerprint density at radius 3 is 2.91 bits per heavy atom. The third kappa shape index (κ3) is 3.13. The maximum atomic E-state index is 10.8. The molecular weight excluding hydrogens is 284 g/mol. The first kappa shape index (κ1) is 10.4. The molecule has 1 heterocycles. The lowest BCUT2D eigenvalue weighted by molar-refractivity contribution is 0.0107. The quantitative estimate of drug-likeness (QED) is 0.566. The van der Waals surface area contributed by atoms with E-state index in [4.69, 9.17) is 13.0 Å². The highest BCUT2D eigenvalue weighted by Crippen LogP contribution is 2.53. The Labute approximate surface area is 149 Å². The van der Waals surface area contributed by atoms with Crippen molar-refractivity contribution in [3.05, 3.63) is 34.9 Å². The maximum Gasteiger partial charge on any atom is 0.127 e. The van der Waals surface area contributed by atoms with Crippen molar-refractivity contribution < 1.29 is 18.1 Å². The standard InChI is InChI=1S/C21H30O2/c1-5-6-7-8-15-12-18(22)20-16-11-14(2)9-10-17(16)21(3,4)23-19(20)13-15/h11-13,16-17,22H,5-10H2,1-4H3/i3D3,4D3. The molecule has 0 spiro atoms. The van der Waals surface area contributed by atoms with Gasteiger partial charge >= 0.3 is 0 Å². The fraction of sp³-hybridized carbons (Fsp3) is 0.619. The molecule has 0 saturated heterocycles. The molecule has 1 aliphatic heterocycles. The van der Waals surface area contributed by atoms with Crippen molar-refractivity contribution in [2.75, 3.05) is 0 Å². The minimum absolute atomic E-state index is 0.0552. The molecule has 1 aliphatic carbocycles. The van der Waals surface area contributed by atoms with Crippen LogP contribution in [0.4, 0.5) is 0 Å². The van der Waals surface area contributed by atoms with E-state index in [1.54, 1.807) is 12.1 Å². The van der Waals surface area contributed by atoms with Gasteiger partial charge in [-0.3, -0.25) is 0 Å². The van der Waals surface area contributed by atoms with Gasteiger partial charge in [0.1, 0.15) is 17.1 Å². The third-order valence-electron chi connectivity index (χ3n) is 5.12. The van der Waals surface area contributed by atoms with Crippen LogP contribution in [0.2, 0.25) is 0 Å². The van der Waals surface area contributed by atoms with E-state index in [2.05, 4.69) is 6.92 Å². The number of hydrogen-bond donors (Lipinski definition) is 1. The first-order chi connectivity index (χ1) is 13.4. The van der Waals surface area contributed by atoms with Crippen molar-refractivity contribution in [1.82, 2.24) is 0 Å². The SMILES string of the molecule is [2H]C([2H])([2H])C1(C([2H])([2H])[2H])Oc2cc(CCCCC)cc(O)c2C2C=C(C)CCC21. The Balaban J connectivity index is 2.20. The highest BCUT2D eigenvalue weighted by Gasteiger charge is 2.45. The lowest BCUT2D eigenvalue weighted by atomic mass is 9.68. The number of allylic oxidation sites excluding steroid dienone is 2. The lowest BCUT2D eigenvalue weighted by Crippen LogP contribution is -2.45. The van der Waals surface area contributed by atoms with Crippen LogP contribution in [0.5, 0.6) is 11.5 Å². The van der Waals surface area contributed by atoms with E-state index in [-0.39, 0.29) is 11.5 Å². The van der Waals surface area contributed by atoms with Crippen molar-refractivity contribution in [3.8, 4) is 11.5 Å². The molecule has 0 radical (unpaired) electrons. The van der Waals surface area contributed by atoms with Crippen LogP contribution >= 0.6 is 0 Å². The van der Waals surface area contributed by atoms with Crippen molar-refractivity contribution in [2.45, 2.75) is 77.6 Å².